The zero-order valence-corrected chi connectivity index (χ0v) is 9.53. The predicted octanol–water partition coefficient (Wildman–Crippen LogP) is 0.983. The normalized spacial score (nSPS) is 20.4. The van der Waals surface area contributed by atoms with Gasteiger partial charge in [-0.2, -0.15) is 0 Å². The van der Waals surface area contributed by atoms with E-state index in [1.54, 1.807) is 0 Å². The second kappa shape index (κ2) is 5.72. The Bertz CT molecular complexity index is 325. The lowest BCUT2D eigenvalue weighted by Gasteiger charge is -2.26. The van der Waals surface area contributed by atoms with Crippen LogP contribution in [-0.2, 0) is 0 Å². The molecule has 4 nitrogen and oxygen atoms in total. The maximum atomic E-state index is 5.84. The number of hydrogen-bond donors (Lipinski definition) is 2. The zero-order valence-electron chi connectivity index (χ0n) is 9.53. The van der Waals surface area contributed by atoms with Gasteiger partial charge in [-0.15, -0.1) is 0 Å². The summed E-state index contributed by atoms with van der Waals surface area (Å²) in [7, 11) is 0. The van der Waals surface area contributed by atoms with Crippen LogP contribution in [-0.4, -0.2) is 32.5 Å². The fourth-order valence-electron chi connectivity index (χ4n) is 1.69. The van der Waals surface area contributed by atoms with Crippen molar-refractivity contribution in [1.82, 2.24) is 10.6 Å². The highest BCUT2D eigenvalue weighted by Gasteiger charge is 2.15. The highest BCUT2D eigenvalue weighted by molar-refractivity contribution is 5.39. The van der Waals surface area contributed by atoms with Crippen LogP contribution < -0.4 is 20.1 Å². The van der Waals surface area contributed by atoms with Crippen molar-refractivity contribution in [3.05, 3.63) is 24.3 Å². The summed E-state index contributed by atoms with van der Waals surface area (Å²) in [5.74, 6) is 1.60. The molecule has 1 saturated heterocycles. The summed E-state index contributed by atoms with van der Waals surface area (Å²) in [6.45, 7) is 5.36. The van der Waals surface area contributed by atoms with E-state index in [9.17, 15) is 0 Å². The lowest BCUT2D eigenvalue weighted by molar-refractivity contribution is 0.138. The highest BCUT2D eigenvalue weighted by Crippen LogP contribution is 2.27. The van der Waals surface area contributed by atoms with E-state index < -0.39 is 0 Å². The minimum atomic E-state index is 0.0235. The largest absolute Gasteiger partial charge is 0.490 e. The first-order valence-electron chi connectivity index (χ1n) is 5.72. The third-order valence-corrected chi connectivity index (χ3v) is 2.42. The lowest BCUT2D eigenvalue weighted by Crippen LogP contribution is -2.51. The van der Waals surface area contributed by atoms with Crippen molar-refractivity contribution in [2.45, 2.75) is 13.2 Å². The van der Waals surface area contributed by atoms with Gasteiger partial charge in [0.1, 0.15) is 0 Å². The SMILES string of the molecule is CCOc1ccccc1OC1CNCCN1. The number of ether oxygens (including phenoxy) is 2. The van der Waals surface area contributed by atoms with Crippen LogP contribution in [0.1, 0.15) is 6.92 Å². The van der Waals surface area contributed by atoms with Gasteiger partial charge in [0.25, 0.3) is 0 Å². The number of nitrogens with one attached hydrogen (secondary N) is 2. The molecule has 1 aromatic carbocycles. The van der Waals surface area contributed by atoms with Gasteiger partial charge in [0.05, 0.1) is 6.61 Å². The van der Waals surface area contributed by atoms with E-state index in [0.29, 0.717) is 6.61 Å². The molecule has 1 aromatic rings. The van der Waals surface area contributed by atoms with Crippen LogP contribution in [0.2, 0.25) is 0 Å². The second-order valence-corrected chi connectivity index (χ2v) is 3.64. The van der Waals surface area contributed by atoms with E-state index in [1.165, 1.54) is 0 Å². The van der Waals surface area contributed by atoms with Gasteiger partial charge in [0, 0.05) is 19.6 Å². The number of para-hydroxylation sites is 2. The molecule has 0 spiro atoms. The number of piperazine rings is 1. The third kappa shape index (κ3) is 2.87. The van der Waals surface area contributed by atoms with Crippen LogP contribution in [0.4, 0.5) is 0 Å². The molecule has 1 unspecified atom stereocenters. The molecular formula is C12H18N2O2. The molecule has 1 atom stereocenters. The van der Waals surface area contributed by atoms with Crippen LogP contribution in [0, 0.1) is 0 Å². The van der Waals surface area contributed by atoms with Gasteiger partial charge in [-0.25, -0.2) is 0 Å². The number of benzene rings is 1. The van der Waals surface area contributed by atoms with Crippen molar-refractivity contribution in [2.75, 3.05) is 26.2 Å². The van der Waals surface area contributed by atoms with Crippen molar-refractivity contribution < 1.29 is 9.47 Å². The molecule has 1 heterocycles. The molecule has 0 bridgehead atoms. The fourth-order valence-corrected chi connectivity index (χ4v) is 1.69. The maximum absolute atomic E-state index is 5.84. The molecule has 16 heavy (non-hydrogen) atoms. The van der Waals surface area contributed by atoms with E-state index in [0.717, 1.165) is 31.1 Å². The fraction of sp³-hybridized carbons (Fsp3) is 0.500. The standard InChI is InChI=1S/C12H18N2O2/c1-2-15-10-5-3-4-6-11(10)16-12-9-13-7-8-14-12/h3-6,12-14H,2,7-9H2,1H3. The first kappa shape index (κ1) is 11.2. The molecule has 1 fully saturated rings. The Labute approximate surface area is 95.9 Å². The maximum Gasteiger partial charge on any atom is 0.163 e. The Balaban J connectivity index is 2.01. The first-order chi connectivity index (χ1) is 7.90. The lowest BCUT2D eigenvalue weighted by atomic mass is 10.3. The van der Waals surface area contributed by atoms with Crippen LogP contribution in [0.5, 0.6) is 11.5 Å². The Hall–Kier alpha value is -1.26. The zero-order chi connectivity index (χ0) is 11.2. The van der Waals surface area contributed by atoms with Gasteiger partial charge < -0.3 is 14.8 Å². The summed E-state index contributed by atoms with van der Waals surface area (Å²) in [6.07, 6.45) is 0.0235. The van der Waals surface area contributed by atoms with E-state index in [1.807, 2.05) is 31.2 Å². The van der Waals surface area contributed by atoms with Gasteiger partial charge >= 0.3 is 0 Å². The van der Waals surface area contributed by atoms with Crippen LogP contribution >= 0.6 is 0 Å². The first-order valence-corrected chi connectivity index (χ1v) is 5.72. The molecule has 0 aliphatic carbocycles. The van der Waals surface area contributed by atoms with Crippen LogP contribution in [0.3, 0.4) is 0 Å². The summed E-state index contributed by atoms with van der Waals surface area (Å²) in [6, 6.07) is 7.76. The predicted molar refractivity (Wildman–Crippen MR) is 62.9 cm³/mol. The molecule has 1 aliphatic heterocycles. The molecule has 0 radical (unpaired) electrons. The minimum Gasteiger partial charge on any atom is -0.490 e. The van der Waals surface area contributed by atoms with Crippen molar-refractivity contribution in [3.8, 4) is 11.5 Å². The topological polar surface area (TPSA) is 42.5 Å². The van der Waals surface area contributed by atoms with Crippen LogP contribution in [0.15, 0.2) is 24.3 Å². The average Bonchev–Trinajstić information content (AvgIpc) is 2.33. The van der Waals surface area contributed by atoms with Gasteiger partial charge in [0.15, 0.2) is 17.7 Å². The molecule has 2 rings (SSSR count). The minimum absolute atomic E-state index is 0.0235. The smallest absolute Gasteiger partial charge is 0.163 e. The van der Waals surface area contributed by atoms with E-state index in [2.05, 4.69) is 10.6 Å². The number of rotatable bonds is 4. The van der Waals surface area contributed by atoms with Crippen molar-refractivity contribution in [3.63, 3.8) is 0 Å². The molecule has 0 saturated carbocycles. The van der Waals surface area contributed by atoms with Gasteiger partial charge in [-0.3, -0.25) is 5.32 Å². The molecule has 1 aliphatic rings. The molecule has 4 heteroatoms. The Morgan fingerprint density at radius 2 is 2.06 bits per heavy atom. The Morgan fingerprint density at radius 1 is 1.25 bits per heavy atom. The molecule has 2 N–H and O–H groups in total. The van der Waals surface area contributed by atoms with E-state index >= 15 is 0 Å². The summed E-state index contributed by atoms with van der Waals surface area (Å²) >= 11 is 0. The van der Waals surface area contributed by atoms with Crippen LogP contribution in [0.25, 0.3) is 0 Å². The average molecular weight is 222 g/mol. The van der Waals surface area contributed by atoms with Crippen molar-refractivity contribution >= 4 is 0 Å². The Kier molecular flexibility index (Phi) is 4.02. The molecule has 0 aromatic heterocycles. The Morgan fingerprint density at radius 3 is 2.75 bits per heavy atom. The number of hydrogen-bond acceptors (Lipinski definition) is 4. The van der Waals surface area contributed by atoms with Crippen molar-refractivity contribution in [2.24, 2.45) is 0 Å². The monoisotopic (exact) mass is 222 g/mol. The van der Waals surface area contributed by atoms with Gasteiger partial charge in [-0.1, -0.05) is 12.1 Å². The van der Waals surface area contributed by atoms with Gasteiger partial charge in [0.2, 0.25) is 0 Å². The van der Waals surface area contributed by atoms with Gasteiger partial charge in [-0.05, 0) is 19.1 Å². The molecule has 88 valence electrons. The third-order valence-electron chi connectivity index (χ3n) is 2.42. The molecular weight excluding hydrogens is 204 g/mol. The highest BCUT2D eigenvalue weighted by atomic mass is 16.5. The summed E-state index contributed by atoms with van der Waals surface area (Å²) in [5, 5.41) is 6.57. The quantitative estimate of drug-likeness (QED) is 0.797. The second-order valence-electron chi connectivity index (χ2n) is 3.64. The molecule has 0 amide bonds. The summed E-state index contributed by atoms with van der Waals surface area (Å²) < 4.78 is 11.3. The van der Waals surface area contributed by atoms with E-state index in [4.69, 9.17) is 9.47 Å². The summed E-state index contributed by atoms with van der Waals surface area (Å²) in [4.78, 5) is 0. The van der Waals surface area contributed by atoms with E-state index in [-0.39, 0.29) is 6.23 Å². The van der Waals surface area contributed by atoms with Crippen molar-refractivity contribution in [1.29, 1.82) is 0 Å². The summed E-state index contributed by atoms with van der Waals surface area (Å²) in [5.41, 5.74) is 0.